The summed E-state index contributed by atoms with van der Waals surface area (Å²) in [5.41, 5.74) is 3.52. The van der Waals surface area contributed by atoms with Crippen LogP contribution in [0.4, 0.5) is 11.9 Å². The van der Waals surface area contributed by atoms with Crippen LogP contribution in [0.15, 0.2) is 12.4 Å². The molecule has 2 aromatic heterocycles. The Bertz CT molecular complexity index is 572. The second-order valence-corrected chi connectivity index (χ2v) is 4.56. The average Bonchev–Trinajstić information content (AvgIpc) is 3.09. The van der Waals surface area contributed by atoms with Gasteiger partial charge in [0.1, 0.15) is 0 Å². The second kappa shape index (κ2) is 4.81. The first kappa shape index (κ1) is 11.8. The lowest BCUT2D eigenvalue weighted by atomic mass is 10.4. The Balaban J connectivity index is 2.01. The molecule has 0 spiro atoms. The molecule has 0 unspecified atom stereocenters. The predicted octanol–water partition coefficient (Wildman–Crippen LogP) is 0.252. The van der Waals surface area contributed by atoms with Crippen molar-refractivity contribution in [1.29, 1.82) is 0 Å². The number of aromatic nitrogens is 5. The van der Waals surface area contributed by atoms with E-state index in [1.807, 2.05) is 13.1 Å². The summed E-state index contributed by atoms with van der Waals surface area (Å²) in [4.78, 5) is 15.1. The number of aryl methyl sites for hydroxylation is 1. The third-order valence-electron chi connectivity index (χ3n) is 3.05. The van der Waals surface area contributed by atoms with E-state index in [-0.39, 0.29) is 0 Å². The number of anilines is 2. The van der Waals surface area contributed by atoms with Gasteiger partial charge in [0, 0.05) is 19.3 Å². The van der Waals surface area contributed by atoms with Crippen molar-refractivity contribution < 1.29 is 0 Å². The minimum Gasteiger partial charge on any atom is -0.341 e. The van der Waals surface area contributed by atoms with Crippen molar-refractivity contribution in [3.8, 4) is 5.95 Å². The number of hydrogen-bond donors (Lipinski definition) is 2. The summed E-state index contributed by atoms with van der Waals surface area (Å²) in [5.74, 6) is 6.88. The zero-order chi connectivity index (χ0) is 13.2. The molecule has 2 aromatic rings. The van der Waals surface area contributed by atoms with Crippen molar-refractivity contribution >= 4 is 11.9 Å². The van der Waals surface area contributed by atoms with Crippen molar-refractivity contribution in [3.05, 3.63) is 18.0 Å². The highest BCUT2D eigenvalue weighted by molar-refractivity contribution is 5.40. The molecule has 3 rings (SSSR count). The van der Waals surface area contributed by atoms with Gasteiger partial charge in [0.05, 0.1) is 6.20 Å². The maximum absolute atomic E-state index is 5.42. The third-order valence-corrected chi connectivity index (χ3v) is 3.05. The lowest BCUT2D eigenvalue weighted by Gasteiger charge is -2.16. The molecule has 8 nitrogen and oxygen atoms in total. The van der Waals surface area contributed by atoms with Crippen LogP contribution in [0, 0.1) is 6.92 Å². The summed E-state index contributed by atoms with van der Waals surface area (Å²) >= 11 is 0. The minimum atomic E-state index is 0.347. The molecule has 0 atom stereocenters. The Morgan fingerprint density at radius 3 is 2.53 bits per heavy atom. The highest BCUT2D eigenvalue weighted by atomic mass is 15.4. The molecule has 1 saturated heterocycles. The van der Waals surface area contributed by atoms with Gasteiger partial charge in [0.25, 0.3) is 5.95 Å². The van der Waals surface area contributed by atoms with Crippen LogP contribution in [-0.4, -0.2) is 37.8 Å². The van der Waals surface area contributed by atoms with Gasteiger partial charge in [0.2, 0.25) is 11.9 Å². The molecule has 8 heteroatoms. The van der Waals surface area contributed by atoms with Gasteiger partial charge in [-0.1, -0.05) is 0 Å². The highest BCUT2D eigenvalue weighted by Gasteiger charge is 2.17. The number of nitrogen functional groups attached to an aromatic ring is 1. The number of nitrogens with one attached hydrogen (secondary N) is 1. The molecule has 0 aromatic carbocycles. The van der Waals surface area contributed by atoms with Crippen LogP contribution in [0.3, 0.4) is 0 Å². The minimum absolute atomic E-state index is 0.347. The summed E-state index contributed by atoms with van der Waals surface area (Å²) in [7, 11) is 0. The van der Waals surface area contributed by atoms with Gasteiger partial charge in [-0.05, 0) is 25.3 Å². The average molecular weight is 260 g/mol. The maximum Gasteiger partial charge on any atom is 0.257 e. The largest absolute Gasteiger partial charge is 0.341 e. The SMILES string of the molecule is Cc1cnn(-c2nc(NN)nc(N3CCCC3)n2)c1. The van der Waals surface area contributed by atoms with E-state index < -0.39 is 0 Å². The number of nitrogens with two attached hydrogens (primary N) is 1. The summed E-state index contributed by atoms with van der Waals surface area (Å²) < 4.78 is 1.62. The Kier molecular flexibility index (Phi) is 3.00. The molecule has 0 aliphatic carbocycles. The van der Waals surface area contributed by atoms with Crippen LogP contribution in [-0.2, 0) is 0 Å². The molecule has 1 aliphatic heterocycles. The quantitative estimate of drug-likeness (QED) is 0.603. The number of nitrogens with zero attached hydrogens (tertiary/aromatic N) is 6. The molecule has 19 heavy (non-hydrogen) atoms. The molecule has 1 aliphatic rings. The first-order valence-corrected chi connectivity index (χ1v) is 6.25. The van der Waals surface area contributed by atoms with E-state index in [1.165, 1.54) is 0 Å². The number of hydrazine groups is 1. The smallest absolute Gasteiger partial charge is 0.257 e. The zero-order valence-electron chi connectivity index (χ0n) is 10.7. The molecular weight excluding hydrogens is 244 g/mol. The van der Waals surface area contributed by atoms with Gasteiger partial charge < -0.3 is 4.90 Å². The molecule has 1 fully saturated rings. The van der Waals surface area contributed by atoms with E-state index in [0.29, 0.717) is 17.8 Å². The number of hydrogen-bond acceptors (Lipinski definition) is 7. The Labute approximate surface area is 110 Å². The first-order valence-electron chi connectivity index (χ1n) is 6.25. The van der Waals surface area contributed by atoms with E-state index in [4.69, 9.17) is 5.84 Å². The Morgan fingerprint density at radius 1 is 1.16 bits per heavy atom. The summed E-state index contributed by atoms with van der Waals surface area (Å²) in [6.45, 7) is 3.89. The fourth-order valence-corrected chi connectivity index (χ4v) is 2.10. The first-order chi connectivity index (χ1) is 9.26. The third kappa shape index (κ3) is 2.34. The second-order valence-electron chi connectivity index (χ2n) is 4.56. The van der Waals surface area contributed by atoms with E-state index in [1.54, 1.807) is 10.9 Å². The van der Waals surface area contributed by atoms with Gasteiger partial charge in [-0.2, -0.15) is 20.1 Å². The van der Waals surface area contributed by atoms with E-state index >= 15 is 0 Å². The van der Waals surface area contributed by atoms with Crippen molar-refractivity contribution in [3.63, 3.8) is 0 Å². The molecular formula is C11H16N8. The molecule has 3 N–H and O–H groups in total. The molecule has 0 radical (unpaired) electrons. The van der Waals surface area contributed by atoms with Gasteiger partial charge in [-0.15, -0.1) is 0 Å². The molecule has 0 bridgehead atoms. The molecule has 0 amide bonds. The monoisotopic (exact) mass is 260 g/mol. The van der Waals surface area contributed by atoms with Gasteiger partial charge in [-0.3, -0.25) is 5.43 Å². The zero-order valence-corrected chi connectivity index (χ0v) is 10.7. The lowest BCUT2D eigenvalue weighted by molar-refractivity contribution is 0.779. The van der Waals surface area contributed by atoms with E-state index in [9.17, 15) is 0 Å². The maximum atomic E-state index is 5.42. The Hall–Kier alpha value is -2.22. The van der Waals surface area contributed by atoms with Crippen LogP contribution in [0.1, 0.15) is 18.4 Å². The van der Waals surface area contributed by atoms with E-state index in [0.717, 1.165) is 31.5 Å². The topological polar surface area (TPSA) is 97.8 Å². The van der Waals surface area contributed by atoms with Crippen molar-refractivity contribution in [2.75, 3.05) is 23.4 Å². The molecule has 3 heterocycles. The normalized spacial score (nSPS) is 14.9. The van der Waals surface area contributed by atoms with Crippen molar-refractivity contribution in [2.24, 2.45) is 5.84 Å². The van der Waals surface area contributed by atoms with Gasteiger partial charge >= 0.3 is 0 Å². The highest BCUT2D eigenvalue weighted by Crippen LogP contribution is 2.17. The van der Waals surface area contributed by atoms with Gasteiger partial charge in [-0.25, -0.2) is 10.5 Å². The van der Waals surface area contributed by atoms with Crippen LogP contribution in [0.5, 0.6) is 0 Å². The van der Waals surface area contributed by atoms with Crippen LogP contribution in [0.2, 0.25) is 0 Å². The summed E-state index contributed by atoms with van der Waals surface area (Å²) in [6.07, 6.45) is 5.94. The standard InChI is InChI=1S/C11H16N8/c1-8-6-13-19(7-8)11-15-9(17-12)14-10(16-11)18-4-2-3-5-18/h6-7H,2-5,12H2,1H3,(H,14,15,16,17). The van der Waals surface area contributed by atoms with Crippen LogP contribution >= 0.6 is 0 Å². The van der Waals surface area contributed by atoms with Crippen LogP contribution < -0.4 is 16.2 Å². The molecule has 100 valence electrons. The number of rotatable bonds is 3. The van der Waals surface area contributed by atoms with E-state index in [2.05, 4.69) is 30.4 Å². The molecule has 0 saturated carbocycles. The van der Waals surface area contributed by atoms with Crippen molar-refractivity contribution in [1.82, 2.24) is 24.7 Å². The predicted molar refractivity (Wildman–Crippen MR) is 70.9 cm³/mol. The van der Waals surface area contributed by atoms with Gasteiger partial charge in [0.15, 0.2) is 0 Å². The summed E-state index contributed by atoms with van der Waals surface area (Å²) in [6, 6.07) is 0. The lowest BCUT2D eigenvalue weighted by Crippen LogP contribution is -2.23. The summed E-state index contributed by atoms with van der Waals surface area (Å²) in [5, 5.41) is 4.21. The van der Waals surface area contributed by atoms with Crippen LogP contribution in [0.25, 0.3) is 5.95 Å². The van der Waals surface area contributed by atoms with Crippen molar-refractivity contribution in [2.45, 2.75) is 19.8 Å². The fourth-order valence-electron chi connectivity index (χ4n) is 2.10. The fraction of sp³-hybridized carbons (Fsp3) is 0.455. The Morgan fingerprint density at radius 2 is 1.89 bits per heavy atom.